The second kappa shape index (κ2) is 5.82. The molecule has 0 saturated heterocycles. The molecule has 1 aromatic rings. The van der Waals surface area contributed by atoms with Gasteiger partial charge in [-0.1, -0.05) is 18.2 Å². The molecule has 0 amide bonds. The molecule has 0 fully saturated rings. The Balaban J connectivity index is 1.74. The molecule has 5 heteroatoms. The van der Waals surface area contributed by atoms with E-state index in [-0.39, 0.29) is 0 Å². The Morgan fingerprint density at radius 2 is 1.94 bits per heavy atom. The SMILES string of the molecule is CS(=O)(=O)NCCNCc1ccc2c(c1)CCC2. The standard InChI is InChI=1S/C13H20N2O2S/c1-18(16,17)15-8-7-14-10-11-5-6-12-3-2-4-13(12)9-11/h5-6,9,14-15H,2-4,7-8,10H2,1H3. The van der Waals surface area contributed by atoms with Crippen LogP contribution in [0.25, 0.3) is 0 Å². The normalized spacial score (nSPS) is 14.7. The van der Waals surface area contributed by atoms with E-state index >= 15 is 0 Å². The first-order valence-corrected chi connectivity index (χ1v) is 8.20. The fraction of sp³-hybridized carbons (Fsp3) is 0.538. The molecule has 100 valence electrons. The molecular weight excluding hydrogens is 248 g/mol. The minimum Gasteiger partial charge on any atom is -0.311 e. The first-order valence-electron chi connectivity index (χ1n) is 6.31. The van der Waals surface area contributed by atoms with Gasteiger partial charge in [0.2, 0.25) is 10.0 Å². The third-order valence-corrected chi connectivity index (χ3v) is 3.89. The first-order chi connectivity index (χ1) is 8.54. The molecular formula is C13H20N2O2S. The Morgan fingerprint density at radius 3 is 2.72 bits per heavy atom. The molecule has 0 aliphatic heterocycles. The largest absolute Gasteiger partial charge is 0.311 e. The first kappa shape index (κ1) is 13.5. The maximum Gasteiger partial charge on any atom is 0.208 e. The van der Waals surface area contributed by atoms with Crippen LogP contribution >= 0.6 is 0 Å². The van der Waals surface area contributed by atoms with E-state index in [1.54, 1.807) is 0 Å². The number of aryl methyl sites for hydroxylation is 2. The third-order valence-electron chi connectivity index (χ3n) is 3.16. The summed E-state index contributed by atoms with van der Waals surface area (Å²) in [7, 11) is -3.07. The van der Waals surface area contributed by atoms with E-state index in [2.05, 4.69) is 28.2 Å². The lowest BCUT2D eigenvalue weighted by Gasteiger charge is -2.07. The van der Waals surface area contributed by atoms with Crippen molar-refractivity contribution in [2.24, 2.45) is 0 Å². The van der Waals surface area contributed by atoms with E-state index in [4.69, 9.17) is 0 Å². The van der Waals surface area contributed by atoms with Crippen molar-refractivity contribution in [3.8, 4) is 0 Å². The molecule has 1 aliphatic carbocycles. The number of benzene rings is 1. The maximum atomic E-state index is 10.9. The van der Waals surface area contributed by atoms with E-state index in [9.17, 15) is 8.42 Å². The van der Waals surface area contributed by atoms with Crippen LogP contribution in [0.2, 0.25) is 0 Å². The summed E-state index contributed by atoms with van der Waals surface area (Å²) in [5, 5.41) is 3.24. The maximum absolute atomic E-state index is 10.9. The monoisotopic (exact) mass is 268 g/mol. The summed E-state index contributed by atoms with van der Waals surface area (Å²) in [6.07, 6.45) is 4.85. The Hall–Kier alpha value is -0.910. The lowest BCUT2D eigenvalue weighted by Crippen LogP contribution is -2.30. The Kier molecular flexibility index (Phi) is 4.37. The van der Waals surface area contributed by atoms with Crippen LogP contribution in [0.5, 0.6) is 0 Å². The topological polar surface area (TPSA) is 58.2 Å². The highest BCUT2D eigenvalue weighted by atomic mass is 32.2. The highest BCUT2D eigenvalue weighted by Gasteiger charge is 2.10. The summed E-state index contributed by atoms with van der Waals surface area (Å²) in [4.78, 5) is 0. The lowest BCUT2D eigenvalue weighted by molar-refractivity contribution is 0.582. The number of nitrogens with one attached hydrogen (secondary N) is 2. The quantitative estimate of drug-likeness (QED) is 0.751. The zero-order valence-corrected chi connectivity index (χ0v) is 11.5. The molecule has 0 radical (unpaired) electrons. The Labute approximate surface area is 109 Å². The number of fused-ring (bicyclic) bond motifs is 1. The zero-order valence-electron chi connectivity index (χ0n) is 10.7. The van der Waals surface area contributed by atoms with Crippen LogP contribution in [0, 0.1) is 0 Å². The van der Waals surface area contributed by atoms with Gasteiger partial charge >= 0.3 is 0 Å². The van der Waals surface area contributed by atoms with Gasteiger partial charge in [0, 0.05) is 19.6 Å². The molecule has 4 nitrogen and oxygen atoms in total. The van der Waals surface area contributed by atoms with Crippen molar-refractivity contribution >= 4 is 10.0 Å². The van der Waals surface area contributed by atoms with Gasteiger partial charge in [0.15, 0.2) is 0 Å². The lowest BCUT2D eigenvalue weighted by atomic mass is 10.1. The van der Waals surface area contributed by atoms with Crippen molar-refractivity contribution in [1.29, 1.82) is 0 Å². The molecule has 0 saturated carbocycles. The summed E-state index contributed by atoms with van der Waals surface area (Å²) in [6, 6.07) is 6.63. The third kappa shape index (κ3) is 4.08. The molecule has 0 unspecified atom stereocenters. The van der Waals surface area contributed by atoms with Crippen molar-refractivity contribution in [3.63, 3.8) is 0 Å². The highest BCUT2D eigenvalue weighted by Crippen LogP contribution is 2.22. The van der Waals surface area contributed by atoms with Crippen molar-refractivity contribution in [2.75, 3.05) is 19.3 Å². The van der Waals surface area contributed by atoms with Gasteiger partial charge in [-0.15, -0.1) is 0 Å². The van der Waals surface area contributed by atoms with E-state index in [1.165, 1.54) is 42.2 Å². The predicted molar refractivity (Wildman–Crippen MR) is 73.0 cm³/mol. The smallest absolute Gasteiger partial charge is 0.208 e. The van der Waals surface area contributed by atoms with Crippen LogP contribution in [-0.2, 0) is 29.4 Å². The molecule has 1 aliphatic rings. The van der Waals surface area contributed by atoms with Crippen molar-refractivity contribution < 1.29 is 8.42 Å². The summed E-state index contributed by atoms with van der Waals surface area (Å²) < 4.78 is 24.2. The summed E-state index contributed by atoms with van der Waals surface area (Å²) in [5.41, 5.74) is 4.23. The Morgan fingerprint density at radius 1 is 1.17 bits per heavy atom. The molecule has 2 N–H and O–H groups in total. The molecule has 1 aromatic carbocycles. The molecule has 0 atom stereocenters. The molecule has 0 heterocycles. The average molecular weight is 268 g/mol. The molecule has 0 bridgehead atoms. The van der Waals surface area contributed by atoms with Gasteiger partial charge in [-0.3, -0.25) is 0 Å². The number of hydrogen-bond acceptors (Lipinski definition) is 3. The predicted octanol–water partition coefficient (Wildman–Crippen LogP) is 0.814. The molecule has 18 heavy (non-hydrogen) atoms. The number of rotatable bonds is 6. The minimum absolute atomic E-state index is 0.434. The van der Waals surface area contributed by atoms with Gasteiger partial charge in [-0.05, 0) is 36.0 Å². The van der Waals surface area contributed by atoms with Crippen LogP contribution in [0.3, 0.4) is 0 Å². The van der Waals surface area contributed by atoms with Crippen LogP contribution in [0.15, 0.2) is 18.2 Å². The van der Waals surface area contributed by atoms with Crippen molar-refractivity contribution in [3.05, 3.63) is 34.9 Å². The van der Waals surface area contributed by atoms with Crippen molar-refractivity contribution in [1.82, 2.24) is 10.0 Å². The minimum atomic E-state index is -3.07. The summed E-state index contributed by atoms with van der Waals surface area (Å²) >= 11 is 0. The second-order valence-electron chi connectivity index (χ2n) is 4.80. The van der Waals surface area contributed by atoms with E-state index in [0.29, 0.717) is 13.1 Å². The second-order valence-corrected chi connectivity index (χ2v) is 6.63. The van der Waals surface area contributed by atoms with Crippen LogP contribution in [0.1, 0.15) is 23.1 Å². The van der Waals surface area contributed by atoms with Crippen LogP contribution < -0.4 is 10.0 Å². The van der Waals surface area contributed by atoms with E-state index in [0.717, 1.165) is 6.54 Å². The van der Waals surface area contributed by atoms with Gasteiger partial charge in [0.25, 0.3) is 0 Å². The van der Waals surface area contributed by atoms with Gasteiger partial charge in [0.05, 0.1) is 6.26 Å². The van der Waals surface area contributed by atoms with E-state index in [1.807, 2.05) is 0 Å². The van der Waals surface area contributed by atoms with E-state index < -0.39 is 10.0 Å². The van der Waals surface area contributed by atoms with Gasteiger partial charge in [-0.25, -0.2) is 13.1 Å². The fourth-order valence-corrected chi connectivity index (χ4v) is 2.77. The van der Waals surface area contributed by atoms with Crippen LogP contribution in [-0.4, -0.2) is 27.8 Å². The van der Waals surface area contributed by atoms with Gasteiger partial charge in [-0.2, -0.15) is 0 Å². The van der Waals surface area contributed by atoms with Crippen LogP contribution in [0.4, 0.5) is 0 Å². The Bertz CT molecular complexity index is 512. The fourth-order valence-electron chi connectivity index (χ4n) is 2.29. The summed E-state index contributed by atoms with van der Waals surface area (Å²) in [5.74, 6) is 0. The highest BCUT2D eigenvalue weighted by molar-refractivity contribution is 7.88. The number of hydrogen-bond donors (Lipinski definition) is 2. The van der Waals surface area contributed by atoms with Gasteiger partial charge < -0.3 is 5.32 Å². The molecule has 2 rings (SSSR count). The molecule has 0 spiro atoms. The number of sulfonamides is 1. The average Bonchev–Trinajstić information content (AvgIpc) is 2.74. The zero-order chi connectivity index (χ0) is 13.0. The van der Waals surface area contributed by atoms with Gasteiger partial charge in [0.1, 0.15) is 0 Å². The van der Waals surface area contributed by atoms with Crippen molar-refractivity contribution in [2.45, 2.75) is 25.8 Å². The molecule has 0 aromatic heterocycles. The summed E-state index contributed by atoms with van der Waals surface area (Å²) in [6.45, 7) is 1.87.